The largest absolute Gasteiger partial charge is 0.481 e. The maximum atomic E-state index is 11.3. The summed E-state index contributed by atoms with van der Waals surface area (Å²) in [6, 6.07) is 8.42. The lowest BCUT2D eigenvalue weighted by Crippen LogP contribution is -2.00. The lowest BCUT2D eigenvalue weighted by molar-refractivity contribution is -0.136. The molecule has 0 radical (unpaired) electrons. The fourth-order valence-electron chi connectivity index (χ4n) is 0.953. The molecule has 1 aromatic rings. The lowest BCUT2D eigenvalue weighted by atomic mass is 10.2. The number of hydrogen-bond donors (Lipinski definition) is 1. The molecule has 1 rings (SSSR count). The maximum Gasteiger partial charge on any atom is 0.365 e. The van der Waals surface area contributed by atoms with Crippen molar-refractivity contribution in [3.63, 3.8) is 0 Å². The molecule has 5 heteroatoms. The van der Waals surface area contributed by atoms with E-state index >= 15 is 0 Å². The predicted molar refractivity (Wildman–Crippen MR) is 57.2 cm³/mol. The molecule has 0 heterocycles. The Bertz CT molecular complexity index is 386. The van der Waals surface area contributed by atoms with Crippen LogP contribution in [0.15, 0.2) is 35.5 Å². The number of benzene rings is 1. The number of carbonyl (C=O) groups excluding carboxylic acids is 1. The molecule has 0 atom stereocenters. The zero-order valence-electron chi connectivity index (χ0n) is 8.50. The van der Waals surface area contributed by atoms with Crippen LogP contribution in [0.3, 0.4) is 0 Å². The van der Waals surface area contributed by atoms with E-state index < -0.39 is 11.9 Å². The van der Waals surface area contributed by atoms with Gasteiger partial charge in [-0.15, -0.1) is 0 Å². The van der Waals surface area contributed by atoms with E-state index in [9.17, 15) is 9.59 Å². The summed E-state index contributed by atoms with van der Waals surface area (Å²) in [6.45, 7) is 0. The molecule has 0 aliphatic heterocycles. The number of rotatable bonds is 5. The Kier molecular flexibility index (Phi) is 4.72. The third-order valence-corrected chi connectivity index (χ3v) is 1.71. The highest BCUT2D eigenvalue weighted by Gasteiger charge is 2.04. The van der Waals surface area contributed by atoms with Gasteiger partial charge in [-0.1, -0.05) is 23.4 Å². The van der Waals surface area contributed by atoms with Crippen LogP contribution in [0.25, 0.3) is 0 Å². The van der Waals surface area contributed by atoms with Gasteiger partial charge in [-0.3, -0.25) is 4.79 Å². The Morgan fingerprint density at radius 2 is 2.00 bits per heavy atom. The second-order valence-electron chi connectivity index (χ2n) is 2.97. The Balaban J connectivity index is 2.33. The average molecular weight is 221 g/mol. The summed E-state index contributed by atoms with van der Waals surface area (Å²) in [7, 11) is 0. The summed E-state index contributed by atoms with van der Waals surface area (Å²) in [4.78, 5) is 26.0. The van der Waals surface area contributed by atoms with Crippen molar-refractivity contribution in [2.75, 3.05) is 0 Å². The lowest BCUT2D eigenvalue weighted by Gasteiger charge is -1.96. The molecular weight excluding hydrogens is 210 g/mol. The van der Waals surface area contributed by atoms with E-state index in [1.807, 2.05) is 0 Å². The molecule has 0 amide bonds. The summed E-state index contributed by atoms with van der Waals surface area (Å²) in [5.41, 5.74) is 0.401. The quantitative estimate of drug-likeness (QED) is 0.466. The van der Waals surface area contributed by atoms with Crippen LogP contribution in [-0.2, 0) is 9.63 Å². The molecule has 0 spiro atoms. The van der Waals surface area contributed by atoms with E-state index in [0.29, 0.717) is 5.56 Å². The highest BCUT2D eigenvalue weighted by atomic mass is 16.7. The Hall–Kier alpha value is -2.17. The van der Waals surface area contributed by atoms with Crippen LogP contribution < -0.4 is 0 Å². The number of aliphatic carboxylic acids is 1. The second kappa shape index (κ2) is 6.34. The SMILES string of the molecule is O=C(O)CCC=NOC(=O)c1ccccc1. The molecule has 0 saturated heterocycles. The first-order valence-electron chi connectivity index (χ1n) is 4.70. The molecule has 5 nitrogen and oxygen atoms in total. The van der Waals surface area contributed by atoms with Crippen molar-refractivity contribution >= 4 is 18.2 Å². The summed E-state index contributed by atoms with van der Waals surface area (Å²) in [5.74, 6) is -1.48. The van der Waals surface area contributed by atoms with Crippen LogP contribution >= 0.6 is 0 Å². The standard InChI is InChI=1S/C11H11NO4/c13-10(14)7-4-8-12-16-11(15)9-5-2-1-3-6-9/h1-3,5-6,8H,4,7H2,(H,13,14). The van der Waals surface area contributed by atoms with E-state index in [4.69, 9.17) is 5.11 Å². The number of hydrogen-bond acceptors (Lipinski definition) is 4. The van der Waals surface area contributed by atoms with Crippen molar-refractivity contribution in [1.82, 2.24) is 0 Å². The van der Waals surface area contributed by atoms with Crippen molar-refractivity contribution in [3.8, 4) is 0 Å². The van der Waals surface area contributed by atoms with Gasteiger partial charge in [0.15, 0.2) is 0 Å². The van der Waals surface area contributed by atoms with Gasteiger partial charge >= 0.3 is 11.9 Å². The monoisotopic (exact) mass is 221 g/mol. The van der Waals surface area contributed by atoms with Crippen LogP contribution in [0.2, 0.25) is 0 Å². The summed E-state index contributed by atoms with van der Waals surface area (Å²) in [6.07, 6.45) is 1.46. The Morgan fingerprint density at radius 1 is 1.31 bits per heavy atom. The van der Waals surface area contributed by atoms with Crippen molar-refractivity contribution in [2.24, 2.45) is 5.16 Å². The van der Waals surface area contributed by atoms with Crippen LogP contribution in [0.5, 0.6) is 0 Å². The molecule has 16 heavy (non-hydrogen) atoms. The van der Waals surface area contributed by atoms with E-state index in [0.717, 1.165) is 0 Å². The minimum Gasteiger partial charge on any atom is -0.481 e. The maximum absolute atomic E-state index is 11.3. The second-order valence-corrected chi connectivity index (χ2v) is 2.97. The third kappa shape index (κ3) is 4.36. The fourth-order valence-corrected chi connectivity index (χ4v) is 0.953. The van der Waals surface area contributed by atoms with Gasteiger partial charge in [0.1, 0.15) is 0 Å². The molecule has 0 saturated carbocycles. The zero-order valence-corrected chi connectivity index (χ0v) is 8.50. The normalized spacial score (nSPS) is 10.2. The molecule has 0 unspecified atom stereocenters. The van der Waals surface area contributed by atoms with Gasteiger partial charge in [0, 0.05) is 6.21 Å². The van der Waals surface area contributed by atoms with E-state index in [1.165, 1.54) is 6.21 Å². The molecule has 0 aromatic heterocycles. The number of oxime groups is 1. The highest BCUT2D eigenvalue weighted by molar-refractivity contribution is 5.89. The van der Waals surface area contributed by atoms with E-state index in [-0.39, 0.29) is 12.8 Å². The van der Waals surface area contributed by atoms with Crippen LogP contribution in [-0.4, -0.2) is 23.3 Å². The third-order valence-electron chi connectivity index (χ3n) is 1.71. The Labute approximate surface area is 92.3 Å². The van der Waals surface area contributed by atoms with Gasteiger partial charge < -0.3 is 9.94 Å². The molecule has 0 fully saturated rings. The number of nitrogens with zero attached hydrogens (tertiary/aromatic N) is 1. The van der Waals surface area contributed by atoms with Crippen LogP contribution in [0, 0.1) is 0 Å². The van der Waals surface area contributed by atoms with Crippen molar-refractivity contribution < 1.29 is 19.5 Å². The van der Waals surface area contributed by atoms with Gasteiger partial charge in [-0.05, 0) is 18.6 Å². The van der Waals surface area contributed by atoms with Crippen LogP contribution in [0.4, 0.5) is 0 Å². The van der Waals surface area contributed by atoms with Gasteiger partial charge in [-0.25, -0.2) is 4.79 Å². The minimum absolute atomic E-state index is 0.0353. The van der Waals surface area contributed by atoms with Gasteiger partial charge in [0.2, 0.25) is 0 Å². The fraction of sp³-hybridized carbons (Fsp3) is 0.182. The van der Waals surface area contributed by atoms with Gasteiger partial charge in [0.25, 0.3) is 0 Å². The van der Waals surface area contributed by atoms with E-state index in [2.05, 4.69) is 9.99 Å². The molecule has 1 N–H and O–H groups in total. The highest BCUT2D eigenvalue weighted by Crippen LogP contribution is 2.00. The molecule has 0 bridgehead atoms. The molecule has 0 aliphatic carbocycles. The Morgan fingerprint density at radius 3 is 2.62 bits per heavy atom. The molecule has 0 aliphatic rings. The van der Waals surface area contributed by atoms with Gasteiger partial charge in [-0.2, -0.15) is 0 Å². The summed E-state index contributed by atoms with van der Waals surface area (Å²) in [5, 5.41) is 11.7. The average Bonchev–Trinajstić information content (AvgIpc) is 2.29. The molecular formula is C11H11NO4. The first-order valence-corrected chi connectivity index (χ1v) is 4.70. The predicted octanol–water partition coefficient (Wildman–Crippen LogP) is 1.69. The van der Waals surface area contributed by atoms with Crippen LogP contribution in [0.1, 0.15) is 23.2 Å². The van der Waals surface area contributed by atoms with Gasteiger partial charge in [0.05, 0.1) is 12.0 Å². The summed E-state index contributed by atoms with van der Waals surface area (Å²) < 4.78 is 0. The number of carboxylic acid groups (broad SMARTS) is 1. The molecule has 1 aromatic carbocycles. The number of carboxylic acids is 1. The van der Waals surface area contributed by atoms with Crippen molar-refractivity contribution in [1.29, 1.82) is 0 Å². The zero-order chi connectivity index (χ0) is 11.8. The number of carbonyl (C=O) groups is 2. The summed E-state index contributed by atoms with van der Waals surface area (Å²) >= 11 is 0. The smallest absolute Gasteiger partial charge is 0.365 e. The van der Waals surface area contributed by atoms with Crippen molar-refractivity contribution in [3.05, 3.63) is 35.9 Å². The first kappa shape index (κ1) is 11.9. The topological polar surface area (TPSA) is 76.0 Å². The minimum atomic E-state index is -0.916. The molecule has 84 valence electrons. The first-order chi connectivity index (χ1) is 7.70. The van der Waals surface area contributed by atoms with E-state index in [1.54, 1.807) is 30.3 Å². The van der Waals surface area contributed by atoms with Crippen molar-refractivity contribution in [2.45, 2.75) is 12.8 Å².